The molecule has 2 heteroatoms. The lowest BCUT2D eigenvalue weighted by molar-refractivity contribution is 1.13. The molecule has 0 atom stereocenters. The van der Waals surface area contributed by atoms with Gasteiger partial charge in [-0.1, -0.05) is 66.7 Å². The molecule has 0 radical (unpaired) electrons. The molecule has 0 saturated carbocycles. The van der Waals surface area contributed by atoms with E-state index in [2.05, 4.69) is 113 Å². The average molecular weight is 358 g/mol. The Labute approximate surface area is 162 Å². The van der Waals surface area contributed by atoms with Gasteiger partial charge in [0, 0.05) is 33.6 Å². The molecule has 1 N–H and O–H groups in total. The fourth-order valence-electron chi connectivity index (χ4n) is 4.21. The minimum atomic E-state index is 1.17. The number of H-pyrrole nitrogens is 1. The monoisotopic (exact) mass is 358 g/mol. The molecule has 0 aliphatic rings. The SMILES string of the molecule is c1ccc(-c2ccc3[nH]c4c(ccc5ccn(-c6ccccc6)c54)c3c2)cc1. The van der Waals surface area contributed by atoms with Gasteiger partial charge < -0.3 is 9.55 Å². The van der Waals surface area contributed by atoms with Gasteiger partial charge in [-0.2, -0.15) is 0 Å². The number of aromatic amines is 1. The highest BCUT2D eigenvalue weighted by atomic mass is 15.0. The number of hydrogen-bond donors (Lipinski definition) is 1. The van der Waals surface area contributed by atoms with Crippen molar-refractivity contribution < 1.29 is 0 Å². The van der Waals surface area contributed by atoms with Crippen LogP contribution in [-0.2, 0) is 0 Å². The number of nitrogens with one attached hydrogen (secondary N) is 1. The molecular weight excluding hydrogens is 340 g/mol. The van der Waals surface area contributed by atoms with Crippen molar-refractivity contribution in [2.75, 3.05) is 0 Å². The van der Waals surface area contributed by atoms with Crippen molar-refractivity contribution >= 4 is 32.7 Å². The Bertz CT molecular complexity index is 1440. The maximum Gasteiger partial charge on any atom is 0.0771 e. The van der Waals surface area contributed by atoms with Gasteiger partial charge in [-0.15, -0.1) is 0 Å². The Kier molecular flexibility index (Phi) is 3.20. The number of aromatic nitrogens is 2. The summed E-state index contributed by atoms with van der Waals surface area (Å²) in [6.45, 7) is 0. The molecule has 0 amide bonds. The zero-order valence-corrected chi connectivity index (χ0v) is 15.3. The van der Waals surface area contributed by atoms with Gasteiger partial charge in [0.25, 0.3) is 0 Å². The van der Waals surface area contributed by atoms with Gasteiger partial charge >= 0.3 is 0 Å². The number of benzene rings is 4. The highest BCUT2D eigenvalue weighted by Gasteiger charge is 2.12. The van der Waals surface area contributed by atoms with E-state index in [-0.39, 0.29) is 0 Å². The molecule has 0 unspecified atom stereocenters. The van der Waals surface area contributed by atoms with Crippen LogP contribution in [0.25, 0.3) is 49.5 Å². The molecule has 2 nitrogen and oxygen atoms in total. The summed E-state index contributed by atoms with van der Waals surface area (Å²) in [7, 11) is 0. The summed E-state index contributed by atoms with van der Waals surface area (Å²) in [5.74, 6) is 0. The fourth-order valence-corrected chi connectivity index (χ4v) is 4.21. The summed E-state index contributed by atoms with van der Waals surface area (Å²) in [4.78, 5) is 3.68. The first-order chi connectivity index (χ1) is 13.9. The van der Waals surface area contributed by atoms with Gasteiger partial charge in [0.15, 0.2) is 0 Å². The molecule has 0 saturated heterocycles. The van der Waals surface area contributed by atoms with Gasteiger partial charge in [-0.05, 0) is 41.5 Å². The number of para-hydroxylation sites is 1. The molecule has 0 bridgehead atoms. The Hall–Kier alpha value is -3.78. The van der Waals surface area contributed by atoms with Crippen LogP contribution in [0, 0.1) is 0 Å². The van der Waals surface area contributed by atoms with Gasteiger partial charge in [-0.25, -0.2) is 0 Å². The number of rotatable bonds is 2. The molecule has 0 spiro atoms. The van der Waals surface area contributed by atoms with Crippen LogP contribution in [0.4, 0.5) is 0 Å². The van der Waals surface area contributed by atoms with Gasteiger partial charge in [0.2, 0.25) is 0 Å². The first kappa shape index (κ1) is 15.3. The first-order valence-corrected chi connectivity index (χ1v) is 9.55. The molecule has 6 rings (SSSR count). The second kappa shape index (κ2) is 5.86. The first-order valence-electron chi connectivity index (χ1n) is 9.55. The van der Waals surface area contributed by atoms with E-state index in [1.54, 1.807) is 0 Å². The topological polar surface area (TPSA) is 20.7 Å². The molecule has 28 heavy (non-hydrogen) atoms. The third kappa shape index (κ3) is 2.21. The number of hydrogen-bond acceptors (Lipinski definition) is 0. The highest BCUT2D eigenvalue weighted by Crippen LogP contribution is 2.35. The predicted octanol–water partition coefficient (Wildman–Crippen LogP) is 6.93. The zero-order chi connectivity index (χ0) is 18.5. The lowest BCUT2D eigenvalue weighted by Crippen LogP contribution is -1.91. The standard InChI is InChI=1S/C26H18N2/c1-3-7-18(8-4-1)20-12-14-24-23(17-20)22-13-11-19-15-16-28(26(19)25(22)27-24)21-9-5-2-6-10-21/h1-17,27H. The van der Waals surface area contributed by atoms with Crippen LogP contribution in [0.5, 0.6) is 0 Å². The summed E-state index contributed by atoms with van der Waals surface area (Å²) in [6, 6.07) is 34.4. The minimum Gasteiger partial charge on any atom is -0.353 e. The lowest BCUT2D eigenvalue weighted by Gasteiger charge is -2.06. The van der Waals surface area contributed by atoms with E-state index in [9.17, 15) is 0 Å². The van der Waals surface area contributed by atoms with Crippen molar-refractivity contribution in [1.82, 2.24) is 9.55 Å². The summed E-state index contributed by atoms with van der Waals surface area (Å²) in [6.07, 6.45) is 2.15. The summed E-state index contributed by atoms with van der Waals surface area (Å²) in [5.41, 5.74) is 7.24. The molecular formula is C26H18N2. The second-order valence-corrected chi connectivity index (χ2v) is 7.20. The van der Waals surface area contributed by atoms with Crippen LogP contribution in [0.1, 0.15) is 0 Å². The normalized spacial score (nSPS) is 11.6. The van der Waals surface area contributed by atoms with Crippen molar-refractivity contribution in [3.8, 4) is 16.8 Å². The van der Waals surface area contributed by atoms with Gasteiger partial charge in [0.05, 0.1) is 11.0 Å². The van der Waals surface area contributed by atoms with Crippen LogP contribution in [0.2, 0.25) is 0 Å². The molecule has 0 fully saturated rings. The van der Waals surface area contributed by atoms with Crippen molar-refractivity contribution in [3.05, 3.63) is 103 Å². The second-order valence-electron chi connectivity index (χ2n) is 7.20. The summed E-state index contributed by atoms with van der Waals surface area (Å²) < 4.78 is 2.27. The van der Waals surface area contributed by atoms with E-state index in [1.807, 2.05) is 0 Å². The average Bonchev–Trinajstić information content (AvgIpc) is 3.36. The predicted molar refractivity (Wildman–Crippen MR) is 118 cm³/mol. The minimum absolute atomic E-state index is 1.17. The van der Waals surface area contributed by atoms with Gasteiger partial charge in [-0.3, -0.25) is 0 Å². The van der Waals surface area contributed by atoms with Gasteiger partial charge in [0.1, 0.15) is 0 Å². The van der Waals surface area contributed by atoms with Crippen LogP contribution in [0.3, 0.4) is 0 Å². The fraction of sp³-hybridized carbons (Fsp3) is 0. The van der Waals surface area contributed by atoms with Crippen LogP contribution in [-0.4, -0.2) is 9.55 Å². The Balaban J connectivity index is 1.66. The Morgan fingerprint density at radius 3 is 2.21 bits per heavy atom. The Morgan fingerprint density at radius 1 is 0.607 bits per heavy atom. The van der Waals surface area contributed by atoms with Crippen LogP contribution in [0.15, 0.2) is 103 Å². The zero-order valence-electron chi connectivity index (χ0n) is 15.3. The molecule has 2 heterocycles. The maximum atomic E-state index is 3.68. The smallest absolute Gasteiger partial charge is 0.0771 e. The quantitative estimate of drug-likeness (QED) is 0.346. The van der Waals surface area contributed by atoms with Crippen LogP contribution < -0.4 is 0 Å². The molecule has 4 aromatic carbocycles. The van der Waals surface area contributed by atoms with E-state index in [1.165, 1.54) is 49.5 Å². The maximum absolute atomic E-state index is 3.68. The van der Waals surface area contributed by atoms with Crippen molar-refractivity contribution in [1.29, 1.82) is 0 Å². The third-order valence-corrected chi connectivity index (χ3v) is 5.56. The molecule has 132 valence electrons. The molecule has 0 aliphatic carbocycles. The van der Waals surface area contributed by atoms with E-state index >= 15 is 0 Å². The Morgan fingerprint density at radius 2 is 1.39 bits per heavy atom. The van der Waals surface area contributed by atoms with E-state index < -0.39 is 0 Å². The molecule has 0 aliphatic heterocycles. The van der Waals surface area contributed by atoms with Crippen LogP contribution >= 0.6 is 0 Å². The molecule has 6 aromatic rings. The number of nitrogens with zero attached hydrogens (tertiary/aromatic N) is 1. The summed E-state index contributed by atoms with van der Waals surface area (Å²) in [5, 5.41) is 3.77. The molecule has 2 aromatic heterocycles. The third-order valence-electron chi connectivity index (χ3n) is 5.56. The van der Waals surface area contributed by atoms with E-state index in [0.29, 0.717) is 0 Å². The lowest BCUT2D eigenvalue weighted by atomic mass is 10.0. The van der Waals surface area contributed by atoms with Crippen molar-refractivity contribution in [3.63, 3.8) is 0 Å². The number of fused-ring (bicyclic) bond motifs is 5. The van der Waals surface area contributed by atoms with Crippen molar-refractivity contribution in [2.24, 2.45) is 0 Å². The van der Waals surface area contributed by atoms with E-state index in [0.717, 1.165) is 0 Å². The van der Waals surface area contributed by atoms with E-state index in [4.69, 9.17) is 0 Å². The highest BCUT2D eigenvalue weighted by molar-refractivity contribution is 6.17. The van der Waals surface area contributed by atoms with Crippen molar-refractivity contribution in [2.45, 2.75) is 0 Å². The largest absolute Gasteiger partial charge is 0.353 e. The summed E-state index contributed by atoms with van der Waals surface area (Å²) >= 11 is 0.